The summed E-state index contributed by atoms with van der Waals surface area (Å²) in [5, 5.41) is 21.0. The van der Waals surface area contributed by atoms with Gasteiger partial charge in [0.15, 0.2) is 29.0 Å². The summed E-state index contributed by atoms with van der Waals surface area (Å²) in [6, 6.07) is 47.6. The van der Waals surface area contributed by atoms with E-state index in [1.165, 1.54) is 19.1 Å². The number of benzene rings is 6. The van der Waals surface area contributed by atoms with E-state index in [0.29, 0.717) is 41.4 Å². The molecule has 3 atom stereocenters. The van der Waals surface area contributed by atoms with Gasteiger partial charge in [-0.3, -0.25) is 4.79 Å². The SMILES string of the molecule is CC(=O)[C@@]1(OCc2ccccc2)C(Cc2ccccc2)c2c(OCc3ccccc3)cc(OCc3ccccc3)cc2O[C@@H]1c1ccc(O)c(O)c1. The number of hydrogen-bond acceptors (Lipinski definition) is 7. The van der Waals surface area contributed by atoms with Gasteiger partial charge in [0, 0.05) is 23.6 Å². The van der Waals surface area contributed by atoms with Crippen molar-refractivity contribution in [2.45, 2.75) is 50.8 Å². The molecule has 0 saturated heterocycles. The lowest BCUT2D eigenvalue weighted by atomic mass is 9.68. The number of aromatic hydroxyl groups is 2. The van der Waals surface area contributed by atoms with Crippen molar-refractivity contribution in [3.63, 3.8) is 0 Å². The van der Waals surface area contributed by atoms with Crippen LogP contribution in [0.15, 0.2) is 152 Å². The summed E-state index contributed by atoms with van der Waals surface area (Å²) >= 11 is 0. The standard InChI is InChI=1S/C45H40O7/c1-31(46)45(51-30-35-20-12-5-13-21-35)38(24-32-14-6-2-7-15-32)43-41(50-29-34-18-10-4-11-19-34)26-37(49-28-33-16-8-3-9-17-33)27-42(43)52-44(45)36-22-23-39(47)40(48)25-36/h2-23,25-27,38,44,47-48H,24,28-30H2,1H3/t38?,44-,45-/m1/s1. The molecule has 262 valence electrons. The summed E-state index contributed by atoms with van der Waals surface area (Å²) in [5.74, 6) is -0.0113. The monoisotopic (exact) mass is 692 g/mol. The second-order valence-electron chi connectivity index (χ2n) is 13.0. The summed E-state index contributed by atoms with van der Waals surface area (Å²) in [5.41, 5.74) is 3.36. The van der Waals surface area contributed by atoms with Crippen molar-refractivity contribution in [1.82, 2.24) is 0 Å². The molecule has 1 heterocycles. The zero-order valence-electron chi connectivity index (χ0n) is 28.9. The van der Waals surface area contributed by atoms with Gasteiger partial charge in [-0.25, -0.2) is 0 Å². The number of ketones is 1. The highest BCUT2D eigenvalue weighted by molar-refractivity contribution is 5.89. The molecule has 2 N–H and O–H groups in total. The molecule has 1 aliphatic heterocycles. The van der Waals surface area contributed by atoms with E-state index in [2.05, 4.69) is 0 Å². The topological polar surface area (TPSA) is 94.5 Å². The molecule has 0 amide bonds. The third-order valence-electron chi connectivity index (χ3n) is 9.52. The second kappa shape index (κ2) is 15.5. The van der Waals surface area contributed by atoms with Gasteiger partial charge in [0.05, 0.1) is 6.61 Å². The van der Waals surface area contributed by atoms with Crippen molar-refractivity contribution in [3.8, 4) is 28.7 Å². The van der Waals surface area contributed by atoms with Crippen molar-refractivity contribution < 1.29 is 34.0 Å². The minimum atomic E-state index is -1.61. The summed E-state index contributed by atoms with van der Waals surface area (Å²) in [6.07, 6.45) is -0.634. The van der Waals surface area contributed by atoms with E-state index >= 15 is 0 Å². The summed E-state index contributed by atoms with van der Waals surface area (Å²) in [6.45, 7) is 2.22. The molecule has 6 aromatic rings. The number of phenols is 2. The van der Waals surface area contributed by atoms with Crippen molar-refractivity contribution >= 4 is 5.78 Å². The van der Waals surface area contributed by atoms with Crippen LogP contribution in [-0.4, -0.2) is 21.6 Å². The van der Waals surface area contributed by atoms with E-state index in [-0.39, 0.29) is 30.5 Å². The fourth-order valence-corrected chi connectivity index (χ4v) is 6.92. The number of carbonyl (C=O) groups excluding carboxylic acids is 1. The number of carbonyl (C=O) groups is 1. The average molecular weight is 693 g/mol. The maximum atomic E-state index is 14.5. The van der Waals surface area contributed by atoms with Crippen LogP contribution in [0.5, 0.6) is 28.7 Å². The molecule has 0 bridgehead atoms. The van der Waals surface area contributed by atoms with Gasteiger partial charge in [0.25, 0.3) is 0 Å². The molecule has 7 heteroatoms. The highest BCUT2D eigenvalue weighted by Gasteiger charge is 2.58. The number of phenolic OH excluding ortho intramolecular Hbond substituents is 2. The van der Waals surface area contributed by atoms with Crippen molar-refractivity contribution in [3.05, 3.63) is 185 Å². The smallest absolute Gasteiger partial charge is 0.174 e. The van der Waals surface area contributed by atoms with Gasteiger partial charge in [-0.2, -0.15) is 0 Å². The maximum Gasteiger partial charge on any atom is 0.174 e. The van der Waals surface area contributed by atoms with Crippen LogP contribution in [0.25, 0.3) is 0 Å². The van der Waals surface area contributed by atoms with Gasteiger partial charge >= 0.3 is 0 Å². The van der Waals surface area contributed by atoms with Gasteiger partial charge < -0.3 is 29.2 Å². The molecule has 0 aromatic heterocycles. The average Bonchev–Trinajstić information content (AvgIpc) is 3.18. The fourth-order valence-electron chi connectivity index (χ4n) is 6.92. The van der Waals surface area contributed by atoms with Crippen LogP contribution in [0.1, 0.15) is 52.3 Å². The fraction of sp³-hybridized carbons (Fsp3) is 0.178. The van der Waals surface area contributed by atoms with Crippen molar-refractivity contribution in [2.75, 3.05) is 0 Å². The summed E-state index contributed by atoms with van der Waals surface area (Å²) in [4.78, 5) is 14.5. The highest BCUT2D eigenvalue weighted by Crippen LogP contribution is 2.57. The van der Waals surface area contributed by atoms with Crippen LogP contribution in [-0.2, 0) is 35.8 Å². The number of ether oxygens (including phenoxy) is 4. The number of fused-ring (bicyclic) bond motifs is 1. The maximum absolute atomic E-state index is 14.5. The molecule has 6 aromatic carbocycles. The van der Waals surface area contributed by atoms with Gasteiger partial charge in [-0.1, -0.05) is 127 Å². The predicted octanol–water partition coefficient (Wildman–Crippen LogP) is 9.26. The van der Waals surface area contributed by atoms with E-state index in [9.17, 15) is 15.0 Å². The van der Waals surface area contributed by atoms with E-state index in [4.69, 9.17) is 18.9 Å². The Kier molecular flexibility index (Phi) is 10.2. The quantitative estimate of drug-likeness (QED) is 0.117. The summed E-state index contributed by atoms with van der Waals surface area (Å²) < 4.78 is 26.9. The third kappa shape index (κ3) is 7.36. The van der Waals surface area contributed by atoms with Gasteiger partial charge in [-0.05, 0) is 53.3 Å². The molecule has 7 rings (SSSR count). The predicted molar refractivity (Wildman–Crippen MR) is 199 cm³/mol. The van der Waals surface area contributed by atoms with Crippen LogP contribution >= 0.6 is 0 Å². The van der Waals surface area contributed by atoms with Crippen LogP contribution in [0.3, 0.4) is 0 Å². The van der Waals surface area contributed by atoms with E-state index in [1.54, 1.807) is 6.07 Å². The molecule has 1 aliphatic rings. The highest BCUT2D eigenvalue weighted by atomic mass is 16.6. The molecule has 0 saturated carbocycles. The lowest BCUT2D eigenvalue weighted by molar-refractivity contribution is -0.173. The molecule has 0 fully saturated rings. The molecular weight excluding hydrogens is 652 g/mol. The minimum absolute atomic E-state index is 0.115. The Morgan fingerprint density at radius 2 is 1.17 bits per heavy atom. The largest absolute Gasteiger partial charge is 0.504 e. The van der Waals surface area contributed by atoms with Gasteiger partial charge in [-0.15, -0.1) is 0 Å². The first-order valence-electron chi connectivity index (χ1n) is 17.3. The Morgan fingerprint density at radius 1 is 0.635 bits per heavy atom. The third-order valence-corrected chi connectivity index (χ3v) is 9.52. The first-order chi connectivity index (χ1) is 25.4. The summed E-state index contributed by atoms with van der Waals surface area (Å²) in [7, 11) is 0. The Bertz CT molecular complexity index is 2100. The molecule has 1 unspecified atom stereocenters. The normalized spacial score (nSPS) is 17.8. The number of rotatable bonds is 13. The lowest BCUT2D eigenvalue weighted by Gasteiger charge is -2.48. The van der Waals surface area contributed by atoms with E-state index in [0.717, 1.165) is 22.3 Å². The Morgan fingerprint density at radius 3 is 1.73 bits per heavy atom. The number of hydrogen-bond donors (Lipinski definition) is 2. The van der Waals surface area contributed by atoms with Gasteiger partial charge in [0.1, 0.15) is 30.5 Å². The second-order valence-corrected chi connectivity index (χ2v) is 13.0. The molecule has 52 heavy (non-hydrogen) atoms. The molecular formula is C45H40O7. The Hall–Kier alpha value is -6.05. The first-order valence-corrected chi connectivity index (χ1v) is 17.3. The minimum Gasteiger partial charge on any atom is -0.504 e. The lowest BCUT2D eigenvalue weighted by Crippen LogP contribution is -2.55. The molecule has 0 aliphatic carbocycles. The van der Waals surface area contributed by atoms with Crippen molar-refractivity contribution in [1.29, 1.82) is 0 Å². The van der Waals surface area contributed by atoms with E-state index in [1.807, 2.05) is 133 Å². The van der Waals surface area contributed by atoms with Crippen LogP contribution < -0.4 is 14.2 Å². The zero-order valence-corrected chi connectivity index (χ0v) is 28.9. The molecule has 0 radical (unpaired) electrons. The Labute approximate surface area is 303 Å². The van der Waals surface area contributed by atoms with Crippen LogP contribution in [0, 0.1) is 0 Å². The zero-order chi connectivity index (χ0) is 35.9. The van der Waals surface area contributed by atoms with Crippen LogP contribution in [0.4, 0.5) is 0 Å². The van der Waals surface area contributed by atoms with Gasteiger partial charge in [0.2, 0.25) is 0 Å². The van der Waals surface area contributed by atoms with E-state index < -0.39 is 17.6 Å². The van der Waals surface area contributed by atoms with Crippen LogP contribution in [0.2, 0.25) is 0 Å². The molecule has 7 nitrogen and oxygen atoms in total. The number of Topliss-reactive ketones (excluding diaryl/α,β-unsaturated/α-hetero) is 1. The Balaban J connectivity index is 1.43. The molecule has 0 spiro atoms. The first kappa shape index (κ1) is 34.4. The van der Waals surface area contributed by atoms with Crippen molar-refractivity contribution in [2.24, 2.45) is 0 Å².